The van der Waals surface area contributed by atoms with Gasteiger partial charge in [0, 0.05) is 40.3 Å². The number of benzene rings is 4. The van der Waals surface area contributed by atoms with Crippen molar-refractivity contribution in [2.45, 2.75) is 39.5 Å². The van der Waals surface area contributed by atoms with Gasteiger partial charge in [-0.2, -0.15) is 0 Å². The lowest BCUT2D eigenvalue weighted by molar-refractivity contribution is 0.735. The van der Waals surface area contributed by atoms with Crippen LogP contribution in [0.25, 0.3) is 59.1 Å². The molecule has 0 radical (unpaired) electrons. The SMILES string of the molecule is Cc1ccc2c(c1)sc1c3ccc(CCCCc4ccc5c(c4)sc4c6ccc(C)cc6sc54)cc3sc21. The van der Waals surface area contributed by atoms with Crippen LogP contribution in [0, 0.1) is 13.8 Å². The van der Waals surface area contributed by atoms with Gasteiger partial charge in [0.05, 0.1) is 18.8 Å². The highest BCUT2D eigenvalue weighted by Crippen LogP contribution is 2.46. The van der Waals surface area contributed by atoms with Crippen LogP contribution < -0.4 is 0 Å². The number of thiophene rings is 4. The molecule has 0 saturated heterocycles. The predicted molar refractivity (Wildman–Crippen MR) is 176 cm³/mol. The first-order valence-electron chi connectivity index (χ1n) is 13.3. The lowest BCUT2D eigenvalue weighted by atomic mass is 10.0. The molecule has 0 N–H and O–H groups in total. The van der Waals surface area contributed by atoms with Crippen LogP contribution in [0.1, 0.15) is 35.1 Å². The van der Waals surface area contributed by atoms with Crippen molar-refractivity contribution in [2.24, 2.45) is 0 Å². The molecule has 0 nitrogen and oxygen atoms in total. The molecule has 0 atom stereocenters. The molecule has 8 rings (SSSR count). The Balaban J connectivity index is 0.984. The van der Waals surface area contributed by atoms with Gasteiger partial charge in [0.1, 0.15) is 0 Å². The minimum absolute atomic E-state index is 1.16. The fourth-order valence-electron chi connectivity index (χ4n) is 5.78. The molecule has 4 heterocycles. The number of hydrogen-bond acceptors (Lipinski definition) is 4. The van der Waals surface area contributed by atoms with E-state index in [1.807, 2.05) is 45.3 Å². The maximum Gasteiger partial charge on any atom is 0.0542 e. The zero-order valence-electron chi connectivity index (χ0n) is 21.4. The minimum atomic E-state index is 1.16. The Morgan fingerprint density at radius 1 is 0.421 bits per heavy atom. The van der Waals surface area contributed by atoms with E-state index < -0.39 is 0 Å². The third-order valence-corrected chi connectivity index (χ3v) is 12.8. The fourth-order valence-corrected chi connectivity index (χ4v) is 11.4. The summed E-state index contributed by atoms with van der Waals surface area (Å²) in [6, 6.07) is 28.1. The van der Waals surface area contributed by atoms with Gasteiger partial charge in [-0.25, -0.2) is 0 Å². The number of fused-ring (bicyclic) bond motifs is 10. The highest BCUT2D eigenvalue weighted by molar-refractivity contribution is 7.37. The highest BCUT2D eigenvalue weighted by atomic mass is 32.1. The van der Waals surface area contributed by atoms with Crippen LogP contribution in [-0.2, 0) is 12.8 Å². The third kappa shape index (κ3) is 3.73. The topological polar surface area (TPSA) is 0 Å². The molecule has 0 amide bonds. The number of unbranched alkanes of at least 4 members (excludes halogenated alkanes) is 1. The lowest BCUT2D eigenvalue weighted by Gasteiger charge is -2.04. The van der Waals surface area contributed by atoms with Crippen LogP contribution in [-0.4, -0.2) is 0 Å². The Morgan fingerprint density at radius 3 is 1.16 bits per heavy atom. The van der Waals surface area contributed by atoms with Crippen molar-refractivity contribution in [1.29, 1.82) is 0 Å². The summed E-state index contributed by atoms with van der Waals surface area (Å²) in [5, 5.41) is 5.70. The van der Waals surface area contributed by atoms with Crippen molar-refractivity contribution < 1.29 is 0 Å². The first kappa shape index (κ1) is 23.2. The smallest absolute Gasteiger partial charge is 0.0542 e. The van der Waals surface area contributed by atoms with Crippen LogP contribution in [0.4, 0.5) is 0 Å². The Morgan fingerprint density at radius 2 is 0.763 bits per heavy atom. The van der Waals surface area contributed by atoms with Crippen LogP contribution in [0.3, 0.4) is 0 Å². The van der Waals surface area contributed by atoms with E-state index in [2.05, 4.69) is 86.6 Å². The fraction of sp³-hybridized carbons (Fsp3) is 0.176. The van der Waals surface area contributed by atoms with Crippen molar-refractivity contribution in [3.63, 3.8) is 0 Å². The average molecular weight is 563 g/mol. The Labute approximate surface area is 237 Å². The number of aryl methyl sites for hydroxylation is 4. The summed E-state index contributed by atoms with van der Waals surface area (Å²) in [7, 11) is 0. The minimum Gasteiger partial charge on any atom is -0.134 e. The van der Waals surface area contributed by atoms with Gasteiger partial charge in [-0.3, -0.25) is 0 Å². The zero-order valence-corrected chi connectivity index (χ0v) is 24.7. The summed E-state index contributed by atoms with van der Waals surface area (Å²) in [5.41, 5.74) is 5.64. The largest absolute Gasteiger partial charge is 0.134 e. The summed E-state index contributed by atoms with van der Waals surface area (Å²) >= 11 is 7.85. The van der Waals surface area contributed by atoms with Gasteiger partial charge >= 0.3 is 0 Å². The van der Waals surface area contributed by atoms with Gasteiger partial charge in [-0.15, -0.1) is 45.3 Å². The van der Waals surface area contributed by atoms with E-state index in [9.17, 15) is 0 Å². The molecule has 38 heavy (non-hydrogen) atoms. The van der Waals surface area contributed by atoms with Crippen molar-refractivity contribution >= 4 is 104 Å². The monoisotopic (exact) mass is 562 g/mol. The Hall–Kier alpha value is -2.76. The van der Waals surface area contributed by atoms with E-state index in [0.717, 1.165) is 12.8 Å². The molecule has 0 aliphatic rings. The predicted octanol–water partition coefficient (Wildman–Crippen LogP) is 12.0. The molecule has 0 fully saturated rings. The van der Waals surface area contributed by atoms with E-state index in [-0.39, 0.29) is 0 Å². The first-order valence-corrected chi connectivity index (χ1v) is 16.6. The van der Waals surface area contributed by atoms with E-state index in [1.54, 1.807) is 0 Å². The van der Waals surface area contributed by atoms with E-state index in [0.29, 0.717) is 0 Å². The van der Waals surface area contributed by atoms with Crippen molar-refractivity contribution in [3.8, 4) is 0 Å². The second kappa shape index (κ2) is 8.89. The molecule has 0 aliphatic carbocycles. The van der Waals surface area contributed by atoms with Gasteiger partial charge in [0.2, 0.25) is 0 Å². The molecule has 186 valence electrons. The molecule has 0 aliphatic heterocycles. The van der Waals surface area contributed by atoms with Crippen LogP contribution >= 0.6 is 45.3 Å². The Bertz CT molecular complexity index is 2010. The zero-order chi connectivity index (χ0) is 25.4. The molecule has 4 aromatic carbocycles. The molecular weight excluding hydrogens is 537 g/mol. The maximum atomic E-state index is 2.45. The van der Waals surface area contributed by atoms with Crippen molar-refractivity contribution in [3.05, 3.63) is 95.1 Å². The molecule has 0 saturated carbocycles. The summed E-state index contributed by atoms with van der Waals surface area (Å²) in [6.07, 6.45) is 4.78. The van der Waals surface area contributed by atoms with Gasteiger partial charge in [0.25, 0.3) is 0 Å². The molecular formula is C34H26S4. The molecule has 0 bridgehead atoms. The molecule has 0 spiro atoms. The van der Waals surface area contributed by atoms with E-state index in [1.165, 1.54) is 94.2 Å². The molecule has 4 aromatic heterocycles. The van der Waals surface area contributed by atoms with Crippen molar-refractivity contribution in [2.75, 3.05) is 0 Å². The van der Waals surface area contributed by atoms with Crippen molar-refractivity contribution in [1.82, 2.24) is 0 Å². The number of rotatable bonds is 5. The van der Waals surface area contributed by atoms with Gasteiger partial charge < -0.3 is 0 Å². The van der Waals surface area contributed by atoms with Gasteiger partial charge in [-0.1, -0.05) is 48.5 Å². The summed E-state index contributed by atoms with van der Waals surface area (Å²) in [6.45, 7) is 4.37. The van der Waals surface area contributed by atoms with Crippen LogP contribution in [0.5, 0.6) is 0 Å². The second-order valence-corrected chi connectivity index (χ2v) is 14.8. The Kier molecular flexibility index (Phi) is 5.42. The molecule has 4 heteroatoms. The third-order valence-electron chi connectivity index (χ3n) is 7.79. The number of hydrogen-bond donors (Lipinski definition) is 0. The maximum absolute atomic E-state index is 2.45. The van der Waals surface area contributed by atoms with E-state index >= 15 is 0 Å². The van der Waals surface area contributed by atoms with Gasteiger partial charge in [-0.05, 0) is 86.1 Å². The summed E-state index contributed by atoms with van der Waals surface area (Å²) in [5.74, 6) is 0. The standard InChI is InChI=1S/C34H26S4/c1-19-7-11-23-27(15-19)35-33-25-13-9-21(17-29(25)37-31(23)33)5-3-4-6-22-10-14-26-30(18-22)38-32-24-12-8-20(2)16-28(24)36-34(26)32/h7-18H,3-6H2,1-2H3. The lowest BCUT2D eigenvalue weighted by Crippen LogP contribution is -1.89. The van der Waals surface area contributed by atoms with Crippen LogP contribution in [0.2, 0.25) is 0 Å². The van der Waals surface area contributed by atoms with Gasteiger partial charge in [0.15, 0.2) is 0 Å². The first-order chi connectivity index (χ1) is 18.6. The van der Waals surface area contributed by atoms with Crippen LogP contribution in [0.15, 0.2) is 72.8 Å². The highest BCUT2D eigenvalue weighted by Gasteiger charge is 2.14. The molecule has 8 aromatic rings. The van der Waals surface area contributed by atoms with E-state index in [4.69, 9.17) is 0 Å². The summed E-state index contributed by atoms with van der Waals surface area (Å²) in [4.78, 5) is 0. The average Bonchev–Trinajstić information content (AvgIpc) is 3.63. The summed E-state index contributed by atoms with van der Waals surface area (Å²) < 4.78 is 11.6. The quantitative estimate of drug-likeness (QED) is 0.183. The normalized spacial score (nSPS) is 12.4. The second-order valence-electron chi connectivity index (χ2n) is 10.6. The molecule has 0 unspecified atom stereocenters.